The van der Waals surface area contributed by atoms with Crippen LogP contribution < -0.4 is 5.32 Å². The third-order valence-electron chi connectivity index (χ3n) is 3.27. The Labute approximate surface area is 115 Å². The summed E-state index contributed by atoms with van der Waals surface area (Å²) in [6.07, 6.45) is 2.88. The van der Waals surface area contributed by atoms with Gasteiger partial charge in [-0.15, -0.1) is 5.10 Å². The molecule has 1 fully saturated rings. The molecule has 1 saturated carbocycles. The molecule has 0 bridgehead atoms. The molecule has 20 heavy (non-hydrogen) atoms. The zero-order chi connectivity index (χ0) is 13.9. The topological polar surface area (TPSA) is 55.6 Å². The highest BCUT2D eigenvalue weighted by Gasteiger charge is 2.21. The van der Waals surface area contributed by atoms with Gasteiger partial charge in [-0.05, 0) is 47.4 Å². The van der Waals surface area contributed by atoms with Crippen LogP contribution in [0, 0.1) is 11.6 Å². The van der Waals surface area contributed by atoms with Crippen LogP contribution in [0.3, 0.4) is 0 Å². The van der Waals surface area contributed by atoms with Gasteiger partial charge in [0.15, 0.2) is 5.82 Å². The van der Waals surface area contributed by atoms with Crippen LogP contribution in [0.25, 0.3) is 0 Å². The lowest BCUT2D eigenvalue weighted by atomic mass is 10.1. The second-order valence-corrected chi connectivity index (χ2v) is 5.00. The van der Waals surface area contributed by atoms with E-state index in [1.807, 2.05) is 0 Å². The van der Waals surface area contributed by atoms with Gasteiger partial charge in [0.05, 0.1) is 6.54 Å². The molecule has 1 N–H and O–H groups in total. The van der Waals surface area contributed by atoms with E-state index in [2.05, 4.69) is 20.8 Å². The van der Waals surface area contributed by atoms with Crippen molar-refractivity contribution in [3.63, 3.8) is 0 Å². The van der Waals surface area contributed by atoms with Gasteiger partial charge < -0.3 is 5.32 Å². The van der Waals surface area contributed by atoms with Crippen molar-refractivity contribution in [3.8, 4) is 0 Å². The Bertz CT molecular complexity index is 574. The van der Waals surface area contributed by atoms with E-state index in [1.165, 1.54) is 25.0 Å². The minimum absolute atomic E-state index is 0.482. The van der Waals surface area contributed by atoms with Crippen molar-refractivity contribution >= 4 is 0 Å². The second-order valence-electron chi connectivity index (χ2n) is 5.00. The van der Waals surface area contributed by atoms with Crippen LogP contribution in [0.2, 0.25) is 0 Å². The molecule has 1 heterocycles. The van der Waals surface area contributed by atoms with Crippen LogP contribution >= 0.6 is 0 Å². The fraction of sp³-hybridized carbons (Fsp3) is 0.462. The van der Waals surface area contributed by atoms with Gasteiger partial charge in [0, 0.05) is 18.7 Å². The average molecular weight is 279 g/mol. The standard InChI is InChI=1S/C13H15F2N5/c14-10-5-9(6-11(15)7-10)3-4-20-13(17-18-19-20)8-16-12-1-2-12/h5-7,12,16H,1-4,8H2. The lowest BCUT2D eigenvalue weighted by Gasteiger charge is -2.06. The predicted molar refractivity (Wildman–Crippen MR) is 67.7 cm³/mol. The maximum atomic E-state index is 13.1. The first-order valence-corrected chi connectivity index (χ1v) is 6.64. The van der Waals surface area contributed by atoms with Crippen LogP contribution in [0.1, 0.15) is 24.2 Å². The molecule has 0 amide bonds. The van der Waals surface area contributed by atoms with Crippen LogP contribution in [-0.4, -0.2) is 26.2 Å². The first-order chi connectivity index (χ1) is 9.70. The largest absolute Gasteiger partial charge is 0.307 e. The molecule has 2 aromatic rings. The Morgan fingerprint density at radius 3 is 2.65 bits per heavy atom. The van der Waals surface area contributed by atoms with Gasteiger partial charge in [0.25, 0.3) is 0 Å². The molecule has 0 aliphatic heterocycles. The van der Waals surface area contributed by atoms with Crippen molar-refractivity contribution < 1.29 is 8.78 Å². The zero-order valence-electron chi connectivity index (χ0n) is 10.9. The number of nitrogens with zero attached hydrogens (tertiary/aromatic N) is 4. The van der Waals surface area contributed by atoms with Crippen molar-refractivity contribution in [1.82, 2.24) is 25.5 Å². The van der Waals surface area contributed by atoms with Gasteiger partial charge in [-0.25, -0.2) is 13.5 Å². The van der Waals surface area contributed by atoms with Crippen molar-refractivity contribution in [1.29, 1.82) is 0 Å². The molecule has 0 unspecified atom stereocenters. The highest BCUT2D eigenvalue weighted by molar-refractivity contribution is 5.17. The van der Waals surface area contributed by atoms with E-state index in [9.17, 15) is 8.78 Å². The highest BCUT2D eigenvalue weighted by Crippen LogP contribution is 2.18. The second kappa shape index (κ2) is 5.62. The molecule has 1 aromatic carbocycles. The van der Waals surface area contributed by atoms with E-state index in [-0.39, 0.29) is 0 Å². The summed E-state index contributed by atoms with van der Waals surface area (Å²) in [5.41, 5.74) is 0.596. The van der Waals surface area contributed by atoms with E-state index < -0.39 is 11.6 Å². The zero-order valence-corrected chi connectivity index (χ0v) is 10.9. The smallest absolute Gasteiger partial charge is 0.165 e. The van der Waals surface area contributed by atoms with Gasteiger partial charge in [-0.3, -0.25) is 0 Å². The molecule has 106 valence electrons. The maximum Gasteiger partial charge on any atom is 0.165 e. The van der Waals surface area contributed by atoms with E-state index in [1.54, 1.807) is 4.68 Å². The summed E-state index contributed by atoms with van der Waals surface area (Å²) in [5, 5.41) is 14.8. The molecule has 1 aromatic heterocycles. The third-order valence-corrected chi connectivity index (χ3v) is 3.27. The summed E-state index contributed by atoms with van der Waals surface area (Å²) < 4.78 is 27.8. The number of aryl methyl sites for hydroxylation is 2. The molecule has 5 nitrogen and oxygen atoms in total. The molecule has 0 saturated heterocycles. The number of aromatic nitrogens is 4. The number of nitrogens with one attached hydrogen (secondary N) is 1. The van der Waals surface area contributed by atoms with Crippen molar-refractivity contribution in [2.75, 3.05) is 0 Å². The molecule has 0 radical (unpaired) electrons. The first kappa shape index (κ1) is 13.1. The Hall–Kier alpha value is -1.89. The number of hydrogen-bond donors (Lipinski definition) is 1. The fourth-order valence-corrected chi connectivity index (χ4v) is 2.04. The van der Waals surface area contributed by atoms with Crippen molar-refractivity contribution in [2.24, 2.45) is 0 Å². The normalized spacial score (nSPS) is 14.7. The molecular weight excluding hydrogens is 264 g/mol. The molecule has 0 spiro atoms. The first-order valence-electron chi connectivity index (χ1n) is 6.64. The van der Waals surface area contributed by atoms with Gasteiger partial charge in [-0.2, -0.15) is 0 Å². The minimum atomic E-state index is -0.563. The highest BCUT2D eigenvalue weighted by atomic mass is 19.1. The summed E-state index contributed by atoms with van der Waals surface area (Å²) in [4.78, 5) is 0. The van der Waals surface area contributed by atoms with E-state index >= 15 is 0 Å². The maximum absolute atomic E-state index is 13.1. The summed E-state index contributed by atoms with van der Waals surface area (Å²) in [6.45, 7) is 1.12. The Kier molecular flexibility index (Phi) is 3.68. The summed E-state index contributed by atoms with van der Waals surface area (Å²) in [6, 6.07) is 4.11. The van der Waals surface area contributed by atoms with E-state index in [4.69, 9.17) is 0 Å². The summed E-state index contributed by atoms with van der Waals surface area (Å²) in [7, 11) is 0. The number of benzene rings is 1. The summed E-state index contributed by atoms with van der Waals surface area (Å²) >= 11 is 0. The van der Waals surface area contributed by atoms with Crippen LogP contribution in [0.5, 0.6) is 0 Å². The van der Waals surface area contributed by atoms with Crippen LogP contribution in [0.15, 0.2) is 18.2 Å². The Balaban J connectivity index is 1.61. The summed E-state index contributed by atoms with van der Waals surface area (Å²) in [5.74, 6) is -0.381. The third kappa shape index (κ3) is 3.36. The fourth-order valence-electron chi connectivity index (χ4n) is 2.04. The Morgan fingerprint density at radius 2 is 1.95 bits per heavy atom. The van der Waals surface area contributed by atoms with E-state index in [0.29, 0.717) is 31.1 Å². The predicted octanol–water partition coefficient (Wildman–Crippen LogP) is 1.45. The molecular formula is C13H15F2N5. The van der Waals surface area contributed by atoms with E-state index in [0.717, 1.165) is 11.9 Å². The van der Waals surface area contributed by atoms with Gasteiger partial charge in [0.2, 0.25) is 0 Å². The quantitative estimate of drug-likeness (QED) is 0.869. The molecule has 7 heteroatoms. The van der Waals surface area contributed by atoms with Crippen LogP contribution in [0.4, 0.5) is 8.78 Å². The van der Waals surface area contributed by atoms with Crippen LogP contribution in [-0.2, 0) is 19.5 Å². The number of halogens is 2. The number of tetrazole rings is 1. The lowest BCUT2D eigenvalue weighted by Crippen LogP contribution is -2.20. The molecule has 1 aliphatic rings. The van der Waals surface area contributed by atoms with Crippen molar-refractivity contribution in [2.45, 2.75) is 38.4 Å². The van der Waals surface area contributed by atoms with Gasteiger partial charge in [-0.1, -0.05) is 0 Å². The van der Waals surface area contributed by atoms with Gasteiger partial charge >= 0.3 is 0 Å². The number of rotatable bonds is 6. The molecule has 3 rings (SSSR count). The number of hydrogen-bond acceptors (Lipinski definition) is 4. The SMILES string of the molecule is Fc1cc(F)cc(CCn2nnnc2CNC2CC2)c1. The van der Waals surface area contributed by atoms with Gasteiger partial charge in [0.1, 0.15) is 11.6 Å². The monoisotopic (exact) mass is 279 g/mol. The molecule has 1 aliphatic carbocycles. The van der Waals surface area contributed by atoms with Crippen molar-refractivity contribution in [3.05, 3.63) is 41.2 Å². The average Bonchev–Trinajstić information content (AvgIpc) is 3.12. The Morgan fingerprint density at radius 1 is 1.20 bits per heavy atom. The minimum Gasteiger partial charge on any atom is -0.307 e. The lowest BCUT2D eigenvalue weighted by molar-refractivity contribution is 0.535. The molecule has 0 atom stereocenters.